The van der Waals surface area contributed by atoms with E-state index in [0.717, 1.165) is 35.5 Å². The predicted molar refractivity (Wildman–Crippen MR) is 114 cm³/mol. The third-order valence-electron chi connectivity index (χ3n) is 4.44. The Bertz CT molecular complexity index is 829. The van der Waals surface area contributed by atoms with Crippen molar-refractivity contribution >= 4 is 29.3 Å². The van der Waals surface area contributed by atoms with Crippen LogP contribution in [0.3, 0.4) is 0 Å². The summed E-state index contributed by atoms with van der Waals surface area (Å²) in [5.41, 5.74) is 3.45. The minimum atomic E-state index is -0.0865. The number of rotatable bonds is 9. The number of carbonyl (C=O) groups excluding carboxylic acids is 2. The van der Waals surface area contributed by atoms with Gasteiger partial charge in [0.25, 0.3) is 5.91 Å². The van der Waals surface area contributed by atoms with Crippen LogP contribution >= 0.6 is 11.8 Å². The van der Waals surface area contributed by atoms with Gasteiger partial charge in [-0.2, -0.15) is 0 Å². The quantitative estimate of drug-likeness (QED) is 0.628. The second-order valence-corrected chi connectivity index (χ2v) is 8.10. The monoisotopic (exact) mass is 398 g/mol. The van der Waals surface area contributed by atoms with E-state index in [0.29, 0.717) is 29.7 Å². The van der Waals surface area contributed by atoms with Crippen LogP contribution in [0.25, 0.3) is 0 Å². The maximum Gasteiger partial charge on any atom is 0.251 e. The van der Waals surface area contributed by atoms with Crippen LogP contribution in [-0.4, -0.2) is 36.0 Å². The molecular weight excluding hydrogens is 372 g/mol. The molecule has 1 aliphatic carbocycles. The van der Waals surface area contributed by atoms with Gasteiger partial charge in [0.2, 0.25) is 5.91 Å². The van der Waals surface area contributed by atoms with E-state index in [2.05, 4.69) is 10.6 Å². The Labute approximate surface area is 170 Å². The molecule has 5 nitrogen and oxygen atoms in total. The lowest BCUT2D eigenvalue weighted by Gasteiger charge is -2.11. The summed E-state index contributed by atoms with van der Waals surface area (Å²) in [7, 11) is 0. The van der Waals surface area contributed by atoms with Crippen LogP contribution in [0.1, 0.15) is 34.3 Å². The van der Waals surface area contributed by atoms with Crippen molar-refractivity contribution in [1.82, 2.24) is 5.32 Å². The number of aryl methyl sites for hydroxylation is 2. The van der Waals surface area contributed by atoms with Gasteiger partial charge in [-0.3, -0.25) is 9.59 Å². The largest absolute Gasteiger partial charge is 0.492 e. The van der Waals surface area contributed by atoms with Crippen molar-refractivity contribution in [2.45, 2.75) is 32.7 Å². The number of nitrogens with one attached hydrogen (secondary N) is 2. The number of hydrogen-bond donors (Lipinski definition) is 2. The van der Waals surface area contributed by atoms with Crippen LogP contribution < -0.4 is 15.4 Å². The number of para-hydroxylation sites is 1. The first-order valence-corrected chi connectivity index (χ1v) is 10.7. The van der Waals surface area contributed by atoms with E-state index in [9.17, 15) is 9.59 Å². The fourth-order valence-corrected chi connectivity index (χ4v) is 3.43. The minimum absolute atomic E-state index is 0.0863. The zero-order valence-corrected chi connectivity index (χ0v) is 17.1. The van der Waals surface area contributed by atoms with E-state index in [-0.39, 0.29) is 11.8 Å². The molecule has 28 heavy (non-hydrogen) atoms. The molecule has 148 valence electrons. The van der Waals surface area contributed by atoms with Gasteiger partial charge in [-0.05, 0) is 56.0 Å². The van der Waals surface area contributed by atoms with Crippen molar-refractivity contribution in [2.75, 3.05) is 23.4 Å². The first-order chi connectivity index (χ1) is 13.5. The van der Waals surface area contributed by atoms with E-state index in [1.165, 1.54) is 11.8 Å². The molecule has 0 aromatic heterocycles. The van der Waals surface area contributed by atoms with Crippen molar-refractivity contribution in [2.24, 2.45) is 0 Å². The Morgan fingerprint density at radius 1 is 1.11 bits per heavy atom. The molecule has 0 bridgehead atoms. The first-order valence-electron chi connectivity index (χ1n) is 9.50. The van der Waals surface area contributed by atoms with Crippen LogP contribution in [-0.2, 0) is 4.79 Å². The van der Waals surface area contributed by atoms with Crippen molar-refractivity contribution in [3.05, 3.63) is 59.2 Å². The third-order valence-corrected chi connectivity index (χ3v) is 5.36. The summed E-state index contributed by atoms with van der Waals surface area (Å²) in [6.07, 6.45) is 2.10. The molecule has 0 atom stereocenters. The van der Waals surface area contributed by atoms with Crippen molar-refractivity contribution < 1.29 is 14.3 Å². The molecular formula is C22H26N2O3S. The highest BCUT2D eigenvalue weighted by Gasteiger charge is 2.23. The van der Waals surface area contributed by atoms with Gasteiger partial charge in [0, 0.05) is 23.0 Å². The summed E-state index contributed by atoms with van der Waals surface area (Å²) in [6.45, 7) is 4.62. The molecule has 1 saturated carbocycles. The second kappa shape index (κ2) is 9.64. The van der Waals surface area contributed by atoms with Gasteiger partial charge < -0.3 is 15.4 Å². The molecule has 3 rings (SSSR count). The highest BCUT2D eigenvalue weighted by atomic mass is 32.2. The number of carbonyl (C=O) groups is 2. The van der Waals surface area contributed by atoms with Crippen LogP contribution in [0.4, 0.5) is 5.69 Å². The average Bonchev–Trinajstić information content (AvgIpc) is 3.48. The van der Waals surface area contributed by atoms with E-state index < -0.39 is 0 Å². The lowest BCUT2D eigenvalue weighted by molar-refractivity contribution is -0.113. The molecule has 0 saturated heterocycles. The summed E-state index contributed by atoms with van der Waals surface area (Å²) in [5.74, 6) is 1.82. The Balaban J connectivity index is 1.39. The van der Waals surface area contributed by atoms with E-state index >= 15 is 0 Å². The number of amides is 2. The van der Waals surface area contributed by atoms with Crippen molar-refractivity contribution in [1.29, 1.82) is 0 Å². The molecule has 1 fully saturated rings. The van der Waals surface area contributed by atoms with Crippen molar-refractivity contribution in [3.63, 3.8) is 0 Å². The SMILES string of the molecule is Cc1cccc(C)c1OCCSCC(=O)Nc1cccc(C(=O)NC2CC2)c1. The zero-order valence-electron chi connectivity index (χ0n) is 16.3. The van der Waals surface area contributed by atoms with Gasteiger partial charge in [-0.25, -0.2) is 0 Å². The third kappa shape index (κ3) is 6.02. The number of hydrogen-bond acceptors (Lipinski definition) is 4. The number of anilines is 1. The molecule has 2 amide bonds. The Hall–Kier alpha value is -2.47. The molecule has 2 aromatic rings. The molecule has 0 radical (unpaired) electrons. The van der Waals surface area contributed by atoms with Gasteiger partial charge in [-0.15, -0.1) is 11.8 Å². The molecule has 0 aliphatic heterocycles. The normalized spacial score (nSPS) is 13.1. The number of thioether (sulfide) groups is 1. The summed E-state index contributed by atoms with van der Waals surface area (Å²) >= 11 is 1.52. The lowest BCUT2D eigenvalue weighted by Crippen LogP contribution is -2.25. The lowest BCUT2D eigenvalue weighted by atomic mass is 10.1. The number of ether oxygens (including phenoxy) is 1. The summed E-state index contributed by atoms with van der Waals surface area (Å²) in [5, 5.41) is 5.80. The van der Waals surface area contributed by atoms with Gasteiger partial charge in [0.1, 0.15) is 5.75 Å². The predicted octanol–water partition coefficient (Wildman–Crippen LogP) is 3.95. The molecule has 0 spiro atoms. The highest BCUT2D eigenvalue weighted by Crippen LogP contribution is 2.22. The summed E-state index contributed by atoms with van der Waals surface area (Å²) in [4.78, 5) is 24.2. The van der Waals surface area contributed by atoms with Crippen LogP contribution in [0.15, 0.2) is 42.5 Å². The standard InChI is InChI=1S/C22H26N2O3S/c1-15-5-3-6-16(2)21(15)27-11-12-28-14-20(25)23-19-8-4-7-17(13-19)22(26)24-18-9-10-18/h3-8,13,18H,9-12,14H2,1-2H3,(H,23,25)(H,24,26). The molecule has 2 N–H and O–H groups in total. The summed E-state index contributed by atoms with van der Waals surface area (Å²) < 4.78 is 5.85. The maximum absolute atomic E-state index is 12.1. The van der Waals surface area contributed by atoms with E-state index in [1.807, 2.05) is 32.0 Å². The average molecular weight is 399 g/mol. The van der Waals surface area contributed by atoms with Gasteiger partial charge in [0.05, 0.1) is 12.4 Å². The fourth-order valence-electron chi connectivity index (χ4n) is 2.83. The van der Waals surface area contributed by atoms with Crippen molar-refractivity contribution in [3.8, 4) is 5.75 Å². The van der Waals surface area contributed by atoms with Crippen LogP contribution in [0.2, 0.25) is 0 Å². The Morgan fingerprint density at radius 2 is 1.82 bits per heavy atom. The zero-order chi connectivity index (χ0) is 19.9. The second-order valence-electron chi connectivity index (χ2n) is 7.00. The maximum atomic E-state index is 12.1. The smallest absolute Gasteiger partial charge is 0.251 e. The summed E-state index contributed by atoms with van der Waals surface area (Å²) in [6, 6.07) is 13.4. The molecule has 0 heterocycles. The molecule has 0 unspecified atom stereocenters. The van der Waals surface area contributed by atoms with Crippen LogP contribution in [0, 0.1) is 13.8 Å². The fraction of sp³-hybridized carbons (Fsp3) is 0.364. The molecule has 6 heteroatoms. The van der Waals surface area contributed by atoms with E-state index in [4.69, 9.17) is 4.74 Å². The van der Waals surface area contributed by atoms with Gasteiger partial charge in [0.15, 0.2) is 0 Å². The Kier molecular flexibility index (Phi) is 6.98. The topological polar surface area (TPSA) is 67.4 Å². The molecule has 2 aromatic carbocycles. The van der Waals surface area contributed by atoms with Crippen LogP contribution in [0.5, 0.6) is 5.75 Å². The Morgan fingerprint density at radius 3 is 2.54 bits per heavy atom. The van der Waals surface area contributed by atoms with Gasteiger partial charge in [-0.1, -0.05) is 24.3 Å². The van der Waals surface area contributed by atoms with Gasteiger partial charge >= 0.3 is 0 Å². The highest BCUT2D eigenvalue weighted by molar-refractivity contribution is 7.99. The van der Waals surface area contributed by atoms with E-state index in [1.54, 1.807) is 24.3 Å². The first kappa shape index (κ1) is 20.3. The minimum Gasteiger partial charge on any atom is -0.492 e. The number of benzene rings is 2. The molecule has 1 aliphatic rings.